The third-order valence-corrected chi connectivity index (χ3v) is 24.3. The SMILES string of the molecule is C=C1[C@H](Cc2cncc(Cl)c2)[C@@H](C(=O)O)N1C(=O)N[C@H](C)c1ccc2c(c1)OC(F)(F)O2.CC(F)(F)C(NC(=O)N1C(=O)[C@H](Cc2cncc(Cl)c2)[C@H]1C(=O)O)C1CCCCC1.CC(F)(F)[C@@H](NC(=O)N1C(=O)[C@H](Cc2cccc(Br)c2)[C@H]1C(=O)O)C1CCCCC1.C[C@@H](CC(=O)N1C(=O)C(Cc2cccc(Br)c2)[C@H]1C(=O)O)c1ccc2c(c1)OC(C)(F)O2. The number of β-lactam (4-membered cyclic amide) rings is 3. The number of pyridine rings is 2. The summed E-state index contributed by atoms with van der Waals surface area (Å²) in [5, 5.41) is 46.4. The average Bonchev–Trinajstić information content (AvgIpc) is 0.782. The Bertz CT molecular complexity index is 4790. The first-order chi connectivity index (χ1) is 58.3. The van der Waals surface area contributed by atoms with Crippen molar-refractivity contribution in [2.24, 2.45) is 35.5 Å². The molecule has 13 atom stereocenters. The van der Waals surface area contributed by atoms with Gasteiger partial charge in [0.15, 0.2) is 35.1 Å². The lowest BCUT2D eigenvalue weighted by Gasteiger charge is -2.47. The minimum Gasteiger partial charge on any atom is -0.480 e. The summed E-state index contributed by atoms with van der Waals surface area (Å²) in [5.74, 6) is -18.1. The molecule has 0 radical (unpaired) electrons. The van der Waals surface area contributed by atoms with E-state index in [1.807, 2.05) is 18.2 Å². The van der Waals surface area contributed by atoms with E-state index >= 15 is 0 Å². The molecule has 4 saturated heterocycles. The second kappa shape index (κ2) is 38.8. The number of aliphatic carboxylic acids is 4. The van der Waals surface area contributed by atoms with Gasteiger partial charge in [-0.2, -0.15) is 4.39 Å². The van der Waals surface area contributed by atoms with Crippen molar-refractivity contribution in [2.45, 2.75) is 203 Å². The average molecular weight is 1900 g/mol. The van der Waals surface area contributed by atoms with Crippen molar-refractivity contribution in [3.63, 3.8) is 0 Å². The maximum Gasteiger partial charge on any atom is 0.586 e. The molecule has 6 aromatic rings. The van der Waals surface area contributed by atoms with Crippen molar-refractivity contribution in [2.75, 3.05) is 0 Å². The molecule has 2 aliphatic carbocycles. The number of carboxylic acid groups (broad SMARTS) is 4. The second-order valence-electron chi connectivity index (χ2n) is 32.0. The first-order valence-electron chi connectivity index (χ1n) is 39.7. The summed E-state index contributed by atoms with van der Waals surface area (Å²) in [6.07, 6.45) is 10.2. The number of nitrogens with one attached hydrogen (secondary N) is 3. The molecule has 28 nitrogen and oxygen atoms in total. The van der Waals surface area contributed by atoms with Crippen LogP contribution in [0, 0.1) is 35.5 Å². The van der Waals surface area contributed by atoms with E-state index in [-0.39, 0.29) is 54.6 Å². The van der Waals surface area contributed by atoms with Gasteiger partial charge < -0.3 is 55.3 Å². The van der Waals surface area contributed by atoms with Crippen LogP contribution in [-0.2, 0) is 64.0 Å². The number of likely N-dealkylation sites (tertiary alicyclic amines) is 4. The van der Waals surface area contributed by atoms with Crippen LogP contribution < -0.4 is 34.9 Å². The summed E-state index contributed by atoms with van der Waals surface area (Å²) < 4.78 is 118. The predicted octanol–water partition coefficient (Wildman–Crippen LogP) is 15.7. The number of hydrogen-bond donors (Lipinski definition) is 7. The molecule has 0 bridgehead atoms. The smallest absolute Gasteiger partial charge is 0.480 e. The highest BCUT2D eigenvalue weighted by Gasteiger charge is 2.59. The third kappa shape index (κ3) is 22.2. The highest BCUT2D eigenvalue weighted by atomic mass is 79.9. The van der Waals surface area contributed by atoms with Gasteiger partial charge in [-0.05, 0) is 170 Å². The molecule has 124 heavy (non-hydrogen) atoms. The molecule has 3 unspecified atom stereocenters. The standard InChI is InChI=1S/C23H21BrFNO6.C21H25BrF2N2O4.C21H18ClF2N3O5.C20H24ClF2N3O4/c1-12(14-6-7-17-18(11-14)32-23(2,25)31-17)8-19(27)26-20(22(29)30)16(21(26)28)10-13-4-3-5-15(24)9-13;1-21(23,24)17(13-7-3-2-4-8-13)25-20(30)26-16(19(28)29)15(18(26)27)11-12-6-5-9-14(22)10-12;1-10(13-3-4-16-17(7-13)32-21(23,24)31-16)26-20(30)27-11(2)15(18(27)19(28)29)6-12-5-14(22)9-25-8-12;1-20(22,23)16(12-5-3-2-4-6-12)25-19(30)26-15(18(28)29)14(17(26)27)8-11-7-13(21)10-24-9-11/h3-7,9,11-12,16,20H,8,10H2,1-2H3,(H,29,30);5-6,9-10,13,15-17H,2-4,7-8,11H2,1H3,(H,25,30)(H,28,29);3-5,7-10,15,18H,2,6H2,1H3,(H,26,30)(H,28,29);7,9-10,12,14-16H,2-6,8H2,1H3,(H,25,30)(H,28,29)/t12-,16?,20-,23?;15-,16+,17+;10-,15+,18+;14-,15+,16?/m0111/s1. The van der Waals surface area contributed by atoms with Gasteiger partial charge >= 0.3 is 54.3 Å². The van der Waals surface area contributed by atoms with E-state index < -0.39 is 168 Å². The van der Waals surface area contributed by atoms with Gasteiger partial charge in [-0.1, -0.05) is 143 Å². The van der Waals surface area contributed by atoms with Gasteiger partial charge in [0, 0.05) is 72.5 Å². The lowest BCUT2D eigenvalue weighted by Crippen LogP contribution is -2.70. The topological polar surface area (TPSA) is 380 Å². The van der Waals surface area contributed by atoms with E-state index in [0.717, 1.165) is 94.7 Å². The first kappa shape index (κ1) is 94.0. The minimum atomic E-state index is -3.74. The number of benzene rings is 4. The number of hydrogen-bond acceptors (Lipinski definition) is 17. The van der Waals surface area contributed by atoms with Gasteiger partial charge in [-0.15, -0.1) is 8.78 Å². The summed E-state index contributed by atoms with van der Waals surface area (Å²) in [5.41, 5.74) is 4.32. The van der Waals surface area contributed by atoms with Crippen molar-refractivity contribution in [3.05, 3.63) is 186 Å². The number of imide groups is 3. The Morgan fingerprint density at radius 1 is 0.500 bits per heavy atom. The molecule has 7 N–H and O–H groups in total. The summed E-state index contributed by atoms with van der Waals surface area (Å²) in [4.78, 5) is 147. The van der Waals surface area contributed by atoms with Gasteiger partial charge in [0.2, 0.25) is 23.6 Å². The van der Waals surface area contributed by atoms with Crippen LogP contribution in [0.2, 0.25) is 10.0 Å². The van der Waals surface area contributed by atoms with Crippen molar-refractivity contribution < 1.29 is 123 Å². The van der Waals surface area contributed by atoms with Crippen LogP contribution in [0.15, 0.2) is 143 Å². The van der Waals surface area contributed by atoms with E-state index in [9.17, 15) is 104 Å². The molecule has 4 aromatic carbocycles. The third-order valence-electron chi connectivity index (χ3n) is 22.9. The summed E-state index contributed by atoms with van der Waals surface area (Å²) >= 11 is 18.5. The predicted molar refractivity (Wildman–Crippen MR) is 437 cm³/mol. The van der Waals surface area contributed by atoms with Crippen molar-refractivity contribution in [1.29, 1.82) is 0 Å². The molecule has 14 rings (SSSR count). The molecule has 39 heteroatoms. The molecule has 6 aliphatic heterocycles. The number of alkyl halides is 7. The number of fused-ring (bicyclic) bond motifs is 2. The molecule has 8 aliphatic rings. The molecule has 2 saturated carbocycles. The fraction of sp³-hybridized carbons (Fsp3) is 0.447. The van der Waals surface area contributed by atoms with Crippen LogP contribution in [0.25, 0.3) is 0 Å². The number of halogens is 11. The number of carbonyl (C=O) groups is 11. The molecule has 8 heterocycles. The maximum absolute atomic E-state index is 14.2. The van der Waals surface area contributed by atoms with E-state index in [0.29, 0.717) is 74.3 Å². The fourth-order valence-corrected chi connectivity index (χ4v) is 18.1. The van der Waals surface area contributed by atoms with E-state index in [1.54, 1.807) is 80.7 Å². The Balaban J connectivity index is 0.000000161. The zero-order chi connectivity index (χ0) is 90.5. The van der Waals surface area contributed by atoms with Crippen molar-refractivity contribution in [3.8, 4) is 23.0 Å². The summed E-state index contributed by atoms with van der Waals surface area (Å²) in [6, 6.07) is 12.8. The number of carboxylic acids is 4. The first-order valence-corrected chi connectivity index (χ1v) is 42.0. The van der Waals surface area contributed by atoms with E-state index in [2.05, 4.69) is 73.8 Å². The number of aromatic nitrogens is 2. The number of urea groups is 3. The fourth-order valence-electron chi connectivity index (χ4n) is 16.8. The largest absolute Gasteiger partial charge is 0.586 e. The highest BCUT2D eigenvalue weighted by molar-refractivity contribution is 9.10. The minimum absolute atomic E-state index is 0.0309. The van der Waals surface area contributed by atoms with Crippen molar-refractivity contribution >= 4 is 121 Å². The lowest BCUT2D eigenvalue weighted by atomic mass is 9.80. The normalized spacial score (nSPS) is 23.4. The van der Waals surface area contributed by atoms with Crippen LogP contribution in [0.1, 0.15) is 151 Å². The number of amides is 10. The zero-order valence-corrected chi connectivity index (χ0v) is 71.9. The monoisotopic (exact) mass is 1900 g/mol. The molecule has 0 spiro atoms. The van der Waals surface area contributed by atoms with Crippen LogP contribution in [0.3, 0.4) is 0 Å². The highest BCUT2D eigenvalue weighted by Crippen LogP contribution is 2.46. The Morgan fingerprint density at radius 2 is 0.871 bits per heavy atom. The van der Waals surface area contributed by atoms with Crippen LogP contribution >= 0.6 is 55.1 Å². The second-order valence-corrected chi connectivity index (χ2v) is 34.7. The Hall–Kier alpha value is -10.7. The van der Waals surface area contributed by atoms with Gasteiger partial charge in [0.05, 0.1) is 45.9 Å². The van der Waals surface area contributed by atoms with Gasteiger partial charge in [-0.25, -0.2) is 60.9 Å². The quantitative estimate of drug-likeness (QED) is 0.0231. The van der Waals surface area contributed by atoms with Gasteiger partial charge in [0.25, 0.3) is 11.8 Å². The molecular weight excluding hydrogens is 1810 g/mol. The summed E-state index contributed by atoms with van der Waals surface area (Å²) in [7, 11) is 0. The summed E-state index contributed by atoms with van der Waals surface area (Å²) in [6.45, 7) is 9.88. The van der Waals surface area contributed by atoms with Crippen LogP contribution in [0.4, 0.5) is 45.1 Å². The number of rotatable bonds is 23. The van der Waals surface area contributed by atoms with E-state index in [1.165, 1.54) is 36.8 Å². The molecule has 664 valence electrons. The lowest BCUT2D eigenvalue weighted by molar-refractivity contribution is -0.286. The molecule has 2 aromatic heterocycles. The molecule has 10 amide bonds. The van der Waals surface area contributed by atoms with Crippen molar-refractivity contribution in [1.82, 2.24) is 45.5 Å². The van der Waals surface area contributed by atoms with Crippen LogP contribution in [-0.4, -0.2) is 176 Å². The Kier molecular flexibility index (Phi) is 29.5. The van der Waals surface area contributed by atoms with Crippen LogP contribution in [0.5, 0.6) is 23.0 Å². The van der Waals surface area contributed by atoms with Gasteiger partial charge in [-0.3, -0.25) is 38.9 Å². The Labute approximate surface area is 733 Å². The maximum atomic E-state index is 14.2. The molecular formula is C85H88Br2Cl2F7N9O19. The molecule has 6 fully saturated rings. The number of ether oxygens (including phenoxy) is 4. The number of nitrogens with zero attached hydrogens (tertiary/aromatic N) is 6. The van der Waals surface area contributed by atoms with E-state index in [4.69, 9.17) is 32.7 Å². The number of carbonyl (C=O) groups excluding carboxylic acids is 7. The Morgan fingerprint density at radius 3 is 1.31 bits per heavy atom. The zero-order valence-electron chi connectivity index (χ0n) is 67.2. The van der Waals surface area contributed by atoms with Gasteiger partial charge in [0.1, 0.15) is 12.1 Å².